The molecular formula is C17H26O5Si. The van der Waals surface area contributed by atoms with E-state index < -0.39 is 8.32 Å². The van der Waals surface area contributed by atoms with Crippen molar-refractivity contribution in [1.82, 2.24) is 0 Å². The van der Waals surface area contributed by atoms with Crippen molar-refractivity contribution in [2.24, 2.45) is 0 Å². The van der Waals surface area contributed by atoms with E-state index in [1.807, 2.05) is 13.0 Å². The second kappa shape index (κ2) is 6.17. The maximum atomic E-state index is 12.2. The maximum Gasteiger partial charge on any atom is 0.338 e. The topological polar surface area (TPSA) is 54.0 Å². The summed E-state index contributed by atoms with van der Waals surface area (Å²) in [5.41, 5.74) is 2.03. The Bertz CT molecular complexity index is 616. The first-order valence-corrected chi connectivity index (χ1v) is 10.6. The maximum absolute atomic E-state index is 12.2. The lowest BCUT2D eigenvalue weighted by Gasteiger charge is -2.36. The first-order valence-electron chi connectivity index (χ1n) is 7.73. The molecule has 1 aromatic carbocycles. The van der Waals surface area contributed by atoms with E-state index in [0.717, 1.165) is 5.56 Å². The van der Waals surface area contributed by atoms with Gasteiger partial charge in [0, 0.05) is 5.56 Å². The Kier molecular flexibility index (Phi) is 4.78. The molecule has 0 N–H and O–H groups in total. The van der Waals surface area contributed by atoms with Gasteiger partial charge in [0.15, 0.2) is 19.8 Å². The van der Waals surface area contributed by atoms with Gasteiger partial charge >= 0.3 is 5.97 Å². The molecule has 0 aliphatic carbocycles. The average molecular weight is 338 g/mol. The zero-order chi connectivity index (χ0) is 17.4. The number of hydrogen-bond donors (Lipinski definition) is 0. The lowest BCUT2D eigenvalue weighted by atomic mass is 10.0. The van der Waals surface area contributed by atoms with Gasteiger partial charge < -0.3 is 18.6 Å². The van der Waals surface area contributed by atoms with Gasteiger partial charge in [-0.05, 0) is 36.7 Å². The molecular weight excluding hydrogens is 312 g/mol. The Morgan fingerprint density at radius 3 is 2.52 bits per heavy atom. The van der Waals surface area contributed by atoms with Gasteiger partial charge in [-0.25, -0.2) is 4.79 Å². The summed E-state index contributed by atoms with van der Waals surface area (Å²) in [4.78, 5) is 12.2. The van der Waals surface area contributed by atoms with E-state index in [2.05, 4.69) is 33.9 Å². The van der Waals surface area contributed by atoms with Crippen molar-refractivity contribution in [2.45, 2.75) is 52.4 Å². The molecule has 128 valence electrons. The molecule has 1 aromatic rings. The molecule has 0 amide bonds. The molecule has 1 aliphatic heterocycles. The highest BCUT2D eigenvalue weighted by atomic mass is 28.4. The van der Waals surface area contributed by atoms with Crippen molar-refractivity contribution in [2.75, 3.05) is 13.9 Å². The van der Waals surface area contributed by atoms with Crippen LogP contribution in [0, 0.1) is 6.92 Å². The molecule has 1 heterocycles. The highest BCUT2D eigenvalue weighted by Gasteiger charge is 2.38. The van der Waals surface area contributed by atoms with E-state index in [0.29, 0.717) is 29.2 Å². The fourth-order valence-corrected chi connectivity index (χ4v) is 3.18. The second-order valence-electron chi connectivity index (χ2n) is 7.32. The predicted molar refractivity (Wildman–Crippen MR) is 90.6 cm³/mol. The van der Waals surface area contributed by atoms with Gasteiger partial charge in [-0.2, -0.15) is 0 Å². The summed E-state index contributed by atoms with van der Waals surface area (Å²) < 4.78 is 22.3. The average Bonchev–Trinajstić information content (AvgIpc) is 2.90. The molecule has 0 radical (unpaired) electrons. The van der Waals surface area contributed by atoms with Gasteiger partial charge in [0.25, 0.3) is 0 Å². The third kappa shape index (κ3) is 3.38. The molecule has 0 aromatic heterocycles. The Balaban J connectivity index is 2.43. The predicted octanol–water partition coefficient (Wildman–Crippen LogP) is 4.03. The van der Waals surface area contributed by atoms with Crippen molar-refractivity contribution >= 4 is 14.3 Å². The lowest BCUT2D eigenvalue weighted by molar-refractivity contribution is 0.0596. The van der Waals surface area contributed by atoms with Gasteiger partial charge in [-0.1, -0.05) is 20.8 Å². The van der Waals surface area contributed by atoms with Crippen LogP contribution in [-0.4, -0.2) is 28.2 Å². The molecule has 23 heavy (non-hydrogen) atoms. The number of ether oxygens (including phenoxy) is 3. The highest BCUT2D eigenvalue weighted by Crippen LogP contribution is 2.42. The summed E-state index contributed by atoms with van der Waals surface area (Å²) in [5.74, 6) is 0.869. The van der Waals surface area contributed by atoms with E-state index in [1.54, 1.807) is 0 Å². The number of fused-ring (bicyclic) bond motifs is 1. The Morgan fingerprint density at radius 1 is 1.30 bits per heavy atom. The van der Waals surface area contributed by atoms with Gasteiger partial charge in [0.05, 0.1) is 19.3 Å². The van der Waals surface area contributed by atoms with Crippen LogP contribution < -0.4 is 9.47 Å². The smallest absolute Gasteiger partial charge is 0.338 e. The quantitative estimate of drug-likeness (QED) is 0.613. The van der Waals surface area contributed by atoms with Crippen molar-refractivity contribution < 1.29 is 23.4 Å². The minimum atomic E-state index is -1.95. The molecule has 5 nitrogen and oxygen atoms in total. The molecule has 0 spiro atoms. The fraction of sp³-hybridized carbons (Fsp3) is 0.588. The van der Waals surface area contributed by atoms with Crippen molar-refractivity contribution in [3.63, 3.8) is 0 Å². The molecule has 0 unspecified atom stereocenters. The first-order chi connectivity index (χ1) is 10.6. The number of hydrogen-bond acceptors (Lipinski definition) is 5. The van der Waals surface area contributed by atoms with Crippen LogP contribution in [0.3, 0.4) is 0 Å². The first kappa shape index (κ1) is 17.8. The summed E-state index contributed by atoms with van der Waals surface area (Å²) in [6.45, 7) is 13.2. The summed E-state index contributed by atoms with van der Waals surface area (Å²) in [5, 5.41) is 0.0861. The summed E-state index contributed by atoms with van der Waals surface area (Å²) in [7, 11) is -0.574. The van der Waals surface area contributed by atoms with Crippen LogP contribution >= 0.6 is 0 Å². The minimum Gasteiger partial charge on any atom is -0.465 e. The van der Waals surface area contributed by atoms with Crippen LogP contribution in [-0.2, 0) is 15.8 Å². The second-order valence-corrected chi connectivity index (χ2v) is 12.1. The molecule has 2 rings (SSSR count). The van der Waals surface area contributed by atoms with E-state index in [-0.39, 0.29) is 17.8 Å². The zero-order valence-corrected chi connectivity index (χ0v) is 16.0. The third-order valence-electron chi connectivity index (χ3n) is 4.73. The van der Waals surface area contributed by atoms with E-state index in [1.165, 1.54) is 7.11 Å². The molecule has 0 fully saturated rings. The van der Waals surface area contributed by atoms with Crippen LogP contribution in [0.1, 0.15) is 42.3 Å². The number of carbonyl (C=O) groups is 1. The van der Waals surface area contributed by atoms with Crippen molar-refractivity contribution in [3.05, 3.63) is 22.8 Å². The number of carbonyl (C=O) groups excluding carboxylic acids is 1. The third-order valence-corrected chi connectivity index (χ3v) is 9.21. The molecule has 1 aliphatic rings. The molecule has 0 atom stereocenters. The number of benzene rings is 1. The summed E-state index contributed by atoms with van der Waals surface area (Å²) in [6.07, 6.45) is 0. The summed E-state index contributed by atoms with van der Waals surface area (Å²) >= 11 is 0. The number of esters is 1. The van der Waals surface area contributed by atoms with Gasteiger partial charge in [-0.15, -0.1) is 0 Å². The Morgan fingerprint density at radius 2 is 1.96 bits per heavy atom. The minimum absolute atomic E-state index is 0.0861. The van der Waals surface area contributed by atoms with Gasteiger partial charge in [0.2, 0.25) is 6.79 Å². The molecule has 0 bridgehead atoms. The van der Waals surface area contributed by atoms with E-state index >= 15 is 0 Å². The summed E-state index contributed by atoms with van der Waals surface area (Å²) in [6, 6.07) is 1.81. The van der Waals surface area contributed by atoms with Crippen molar-refractivity contribution in [1.29, 1.82) is 0 Å². The van der Waals surface area contributed by atoms with Crippen molar-refractivity contribution in [3.8, 4) is 11.5 Å². The number of rotatable bonds is 4. The normalized spacial score (nSPS) is 14.0. The van der Waals surface area contributed by atoms with Crippen LogP contribution in [0.15, 0.2) is 6.07 Å². The van der Waals surface area contributed by atoms with Gasteiger partial charge in [0.1, 0.15) is 0 Å². The Labute approximate surface area is 139 Å². The number of aryl methyl sites for hydroxylation is 1. The van der Waals surface area contributed by atoms with E-state index in [4.69, 9.17) is 18.6 Å². The standard InChI is InChI=1S/C17H26O5Si/c1-11-8-13-15(21-10-20-13)12(14(11)16(18)19-5)9-22-23(6,7)17(2,3)4/h8H,9-10H2,1-7H3. The largest absolute Gasteiger partial charge is 0.465 e. The van der Waals surface area contributed by atoms with E-state index in [9.17, 15) is 4.79 Å². The van der Waals surface area contributed by atoms with Crippen LogP contribution in [0.5, 0.6) is 11.5 Å². The van der Waals surface area contributed by atoms with Crippen LogP contribution in [0.25, 0.3) is 0 Å². The number of methoxy groups -OCH3 is 1. The molecule has 0 saturated carbocycles. The molecule has 0 saturated heterocycles. The zero-order valence-electron chi connectivity index (χ0n) is 15.0. The highest BCUT2D eigenvalue weighted by molar-refractivity contribution is 6.74. The Hall–Kier alpha value is -1.53. The van der Waals surface area contributed by atoms with Crippen LogP contribution in [0.2, 0.25) is 18.1 Å². The SMILES string of the molecule is COC(=O)c1c(C)cc2c(c1CO[Si](C)(C)C(C)(C)C)OCO2. The molecule has 6 heteroatoms. The van der Waals surface area contributed by atoms with Gasteiger partial charge in [-0.3, -0.25) is 0 Å². The lowest BCUT2D eigenvalue weighted by Crippen LogP contribution is -2.40. The fourth-order valence-electron chi connectivity index (χ4n) is 2.25. The monoisotopic (exact) mass is 338 g/mol. The van der Waals surface area contributed by atoms with Crippen LogP contribution in [0.4, 0.5) is 0 Å².